The summed E-state index contributed by atoms with van der Waals surface area (Å²) in [6.07, 6.45) is 0.214. The highest BCUT2D eigenvalue weighted by Gasteiger charge is 2.13. The third-order valence-electron chi connectivity index (χ3n) is 2.49. The molecule has 0 amide bonds. The highest BCUT2D eigenvalue weighted by Crippen LogP contribution is 2.11. The van der Waals surface area contributed by atoms with Crippen LogP contribution in [0.4, 0.5) is 0 Å². The first-order chi connectivity index (χ1) is 8.54. The van der Waals surface area contributed by atoms with Gasteiger partial charge < -0.3 is 20.3 Å². The van der Waals surface area contributed by atoms with E-state index in [0.29, 0.717) is 12.1 Å². The van der Waals surface area contributed by atoms with E-state index < -0.39 is 18.6 Å². The Bertz CT molecular complexity index is 419. The molecule has 0 radical (unpaired) electrons. The number of ketones is 1. The molecule has 0 aliphatic rings. The van der Waals surface area contributed by atoms with Crippen molar-refractivity contribution in [3.63, 3.8) is 0 Å². The SMILES string of the molecule is O=C(CC[NH2+][C@@H](CO)C(=O)[O-])c1ccc(Br)cc1. The predicted molar refractivity (Wildman–Crippen MR) is 65.8 cm³/mol. The molecule has 0 bridgehead atoms. The number of benzene rings is 1. The summed E-state index contributed by atoms with van der Waals surface area (Å²) in [6.45, 7) is -0.205. The van der Waals surface area contributed by atoms with Gasteiger partial charge in [0, 0.05) is 10.0 Å². The normalized spacial score (nSPS) is 12.1. The molecule has 0 spiro atoms. The number of aliphatic hydroxyl groups is 1. The molecule has 98 valence electrons. The molecule has 1 rings (SSSR count). The Morgan fingerprint density at radius 1 is 1.33 bits per heavy atom. The van der Waals surface area contributed by atoms with Crippen molar-refractivity contribution in [2.24, 2.45) is 0 Å². The van der Waals surface area contributed by atoms with Gasteiger partial charge in [-0.05, 0) is 12.1 Å². The summed E-state index contributed by atoms with van der Waals surface area (Å²) < 4.78 is 0.892. The monoisotopic (exact) mass is 315 g/mol. The number of hydrogen-bond acceptors (Lipinski definition) is 4. The third kappa shape index (κ3) is 4.56. The average molecular weight is 316 g/mol. The minimum absolute atomic E-state index is 0.0613. The van der Waals surface area contributed by atoms with Crippen molar-refractivity contribution in [3.8, 4) is 0 Å². The molecule has 1 aromatic carbocycles. The number of hydrogen-bond donors (Lipinski definition) is 2. The van der Waals surface area contributed by atoms with Crippen LogP contribution in [0.15, 0.2) is 28.7 Å². The number of aliphatic hydroxyl groups excluding tert-OH is 1. The maximum absolute atomic E-state index is 11.7. The minimum Gasteiger partial charge on any atom is -0.544 e. The van der Waals surface area contributed by atoms with Gasteiger partial charge in [0.1, 0.15) is 18.6 Å². The van der Waals surface area contributed by atoms with Crippen molar-refractivity contribution >= 4 is 27.7 Å². The molecule has 0 aromatic heterocycles. The fourth-order valence-corrected chi connectivity index (χ4v) is 1.71. The van der Waals surface area contributed by atoms with Crippen LogP contribution in [0.2, 0.25) is 0 Å². The average Bonchev–Trinajstić information content (AvgIpc) is 2.34. The number of carboxylic acids is 1. The van der Waals surface area contributed by atoms with Crippen molar-refractivity contribution in [2.45, 2.75) is 12.5 Å². The Hall–Kier alpha value is -1.24. The predicted octanol–water partition coefficient (Wildman–Crippen LogP) is -1.30. The fourth-order valence-electron chi connectivity index (χ4n) is 1.44. The van der Waals surface area contributed by atoms with Gasteiger partial charge in [-0.25, -0.2) is 0 Å². The molecule has 1 aromatic rings. The zero-order valence-electron chi connectivity index (χ0n) is 9.64. The van der Waals surface area contributed by atoms with E-state index in [0.717, 1.165) is 4.47 Å². The van der Waals surface area contributed by atoms with Gasteiger partial charge in [-0.2, -0.15) is 0 Å². The molecule has 3 N–H and O–H groups in total. The second-order valence-electron chi connectivity index (χ2n) is 3.81. The highest BCUT2D eigenvalue weighted by atomic mass is 79.9. The van der Waals surface area contributed by atoms with E-state index in [9.17, 15) is 14.7 Å². The fraction of sp³-hybridized carbons (Fsp3) is 0.333. The van der Waals surface area contributed by atoms with Crippen LogP contribution in [0.1, 0.15) is 16.8 Å². The molecular formula is C12H14BrNO4. The van der Waals surface area contributed by atoms with Gasteiger partial charge in [-0.15, -0.1) is 0 Å². The lowest BCUT2D eigenvalue weighted by molar-refractivity contribution is -0.683. The second kappa shape index (κ2) is 7.25. The van der Waals surface area contributed by atoms with Gasteiger partial charge >= 0.3 is 0 Å². The van der Waals surface area contributed by atoms with Crippen molar-refractivity contribution in [2.75, 3.05) is 13.2 Å². The van der Waals surface area contributed by atoms with E-state index in [1.165, 1.54) is 5.32 Å². The van der Waals surface area contributed by atoms with Crippen LogP contribution in [-0.4, -0.2) is 36.1 Å². The molecule has 5 nitrogen and oxygen atoms in total. The Morgan fingerprint density at radius 3 is 2.44 bits per heavy atom. The van der Waals surface area contributed by atoms with Crippen LogP contribution in [0, 0.1) is 0 Å². The van der Waals surface area contributed by atoms with Gasteiger partial charge in [-0.3, -0.25) is 4.79 Å². The molecule has 0 heterocycles. The summed E-state index contributed by atoms with van der Waals surface area (Å²) in [5.41, 5.74) is 0.584. The van der Waals surface area contributed by atoms with Crippen LogP contribution < -0.4 is 10.4 Å². The number of halogens is 1. The number of rotatable bonds is 7. The molecule has 6 heteroatoms. The maximum atomic E-state index is 11.7. The number of carbonyl (C=O) groups excluding carboxylic acids is 2. The number of Topliss-reactive ketones (excluding diaryl/α,β-unsaturated/α-hetero) is 1. The number of carboxylic acid groups (broad SMARTS) is 1. The first-order valence-corrected chi connectivity index (χ1v) is 6.27. The third-order valence-corrected chi connectivity index (χ3v) is 3.02. The lowest BCUT2D eigenvalue weighted by Crippen LogP contribution is -2.94. The summed E-state index contributed by atoms with van der Waals surface area (Å²) in [7, 11) is 0. The first kappa shape index (κ1) is 14.8. The summed E-state index contributed by atoms with van der Waals surface area (Å²) in [6, 6.07) is 5.94. The number of quaternary nitrogens is 1. The van der Waals surface area contributed by atoms with Gasteiger partial charge in [0.05, 0.1) is 13.0 Å². The smallest absolute Gasteiger partial charge is 0.168 e. The van der Waals surface area contributed by atoms with Crippen LogP contribution in [-0.2, 0) is 4.79 Å². The topological polar surface area (TPSA) is 94.0 Å². The van der Waals surface area contributed by atoms with Crippen molar-refractivity contribution < 1.29 is 25.1 Å². The van der Waals surface area contributed by atoms with E-state index in [4.69, 9.17) is 5.11 Å². The Kier molecular flexibility index (Phi) is 5.97. The van der Waals surface area contributed by atoms with E-state index >= 15 is 0 Å². The summed E-state index contributed by atoms with van der Waals surface area (Å²) in [5, 5.41) is 20.7. The zero-order chi connectivity index (χ0) is 13.5. The van der Waals surface area contributed by atoms with Crippen molar-refractivity contribution in [1.29, 1.82) is 0 Å². The molecular weight excluding hydrogens is 302 g/mol. The van der Waals surface area contributed by atoms with E-state index in [1.54, 1.807) is 24.3 Å². The standard InChI is InChI=1S/C12H14BrNO4/c13-9-3-1-8(2-4-9)11(16)5-6-14-10(7-15)12(17)18/h1-4,10,14-15H,5-7H2,(H,17,18)/t10-/m0/s1. The second-order valence-corrected chi connectivity index (χ2v) is 4.73. The molecule has 0 saturated carbocycles. The Balaban J connectivity index is 2.42. The molecule has 0 saturated heterocycles. The van der Waals surface area contributed by atoms with Crippen molar-refractivity contribution in [3.05, 3.63) is 34.3 Å². The molecule has 18 heavy (non-hydrogen) atoms. The number of aliphatic carboxylic acids is 1. The maximum Gasteiger partial charge on any atom is 0.168 e. The summed E-state index contributed by atoms with van der Waals surface area (Å²) in [4.78, 5) is 22.3. The van der Waals surface area contributed by atoms with E-state index in [1.807, 2.05) is 0 Å². The van der Waals surface area contributed by atoms with Gasteiger partial charge in [-0.1, -0.05) is 28.1 Å². The molecule has 1 atom stereocenters. The molecule has 0 aliphatic heterocycles. The quantitative estimate of drug-likeness (QED) is 0.611. The van der Waals surface area contributed by atoms with E-state index in [-0.39, 0.29) is 12.2 Å². The molecule has 0 aliphatic carbocycles. The number of carbonyl (C=O) groups is 2. The van der Waals surface area contributed by atoms with Crippen LogP contribution >= 0.6 is 15.9 Å². The zero-order valence-corrected chi connectivity index (χ0v) is 11.2. The largest absolute Gasteiger partial charge is 0.544 e. The lowest BCUT2D eigenvalue weighted by Gasteiger charge is -2.13. The van der Waals surface area contributed by atoms with Gasteiger partial charge in [0.2, 0.25) is 0 Å². The molecule has 0 unspecified atom stereocenters. The van der Waals surface area contributed by atoms with Crippen LogP contribution in [0.5, 0.6) is 0 Å². The first-order valence-electron chi connectivity index (χ1n) is 5.48. The van der Waals surface area contributed by atoms with E-state index in [2.05, 4.69) is 15.9 Å². The van der Waals surface area contributed by atoms with Crippen molar-refractivity contribution in [1.82, 2.24) is 0 Å². The molecule has 0 fully saturated rings. The van der Waals surface area contributed by atoms with Gasteiger partial charge in [0.15, 0.2) is 5.78 Å². The Labute approximate surface area is 113 Å². The van der Waals surface area contributed by atoms with Gasteiger partial charge in [0.25, 0.3) is 0 Å². The number of nitrogens with two attached hydrogens (primary N) is 1. The highest BCUT2D eigenvalue weighted by molar-refractivity contribution is 9.10. The Morgan fingerprint density at radius 2 is 1.94 bits per heavy atom. The summed E-state index contributed by atoms with van der Waals surface area (Å²) in [5.74, 6) is -1.39. The lowest BCUT2D eigenvalue weighted by atomic mass is 10.1. The van der Waals surface area contributed by atoms with Crippen LogP contribution in [0.25, 0.3) is 0 Å². The van der Waals surface area contributed by atoms with Crippen LogP contribution in [0.3, 0.4) is 0 Å². The minimum atomic E-state index is -1.33. The summed E-state index contributed by atoms with van der Waals surface area (Å²) >= 11 is 3.27.